The molecule has 1 N–H and O–H groups in total. The van der Waals surface area contributed by atoms with E-state index in [4.69, 9.17) is 4.74 Å². The molecule has 2 nitrogen and oxygen atoms in total. The highest BCUT2D eigenvalue weighted by molar-refractivity contribution is 4.82. The monoisotopic (exact) mass is 214 g/mol. The molecular formula is C13H26O2. The highest BCUT2D eigenvalue weighted by Crippen LogP contribution is 2.40. The molecule has 0 radical (unpaired) electrons. The highest BCUT2D eigenvalue weighted by Gasteiger charge is 2.31. The van der Waals surface area contributed by atoms with Gasteiger partial charge in [-0.1, -0.05) is 20.3 Å². The van der Waals surface area contributed by atoms with Crippen molar-refractivity contribution in [1.29, 1.82) is 0 Å². The molecule has 0 aromatic rings. The van der Waals surface area contributed by atoms with Crippen molar-refractivity contribution in [2.75, 3.05) is 6.61 Å². The SMILES string of the molecule is CC(O)COC(C)C1CCCC(C)(C)C1. The molecule has 3 atom stereocenters. The highest BCUT2D eigenvalue weighted by atomic mass is 16.5. The molecule has 0 bridgehead atoms. The molecule has 0 saturated heterocycles. The first-order valence-electron chi connectivity index (χ1n) is 6.20. The molecule has 0 aliphatic heterocycles. The molecule has 1 saturated carbocycles. The molecule has 0 aromatic heterocycles. The van der Waals surface area contributed by atoms with Crippen molar-refractivity contribution in [2.45, 2.75) is 65.6 Å². The summed E-state index contributed by atoms with van der Waals surface area (Å²) in [5, 5.41) is 9.18. The van der Waals surface area contributed by atoms with Gasteiger partial charge in [-0.3, -0.25) is 0 Å². The predicted molar refractivity (Wildman–Crippen MR) is 62.8 cm³/mol. The van der Waals surface area contributed by atoms with Crippen LogP contribution in [0, 0.1) is 11.3 Å². The molecule has 15 heavy (non-hydrogen) atoms. The Hall–Kier alpha value is -0.0800. The Morgan fingerprint density at radius 3 is 2.60 bits per heavy atom. The molecule has 1 aliphatic rings. The quantitative estimate of drug-likeness (QED) is 0.779. The lowest BCUT2D eigenvalue weighted by atomic mass is 9.71. The molecule has 90 valence electrons. The van der Waals surface area contributed by atoms with E-state index in [1.807, 2.05) is 0 Å². The number of rotatable bonds is 4. The first kappa shape index (κ1) is 13.0. The maximum absolute atomic E-state index is 9.18. The van der Waals surface area contributed by atoms with Gasteiger partial charge in [0.25, 0.3) is 0 Å². The minimum Gasteiger partial charge on any atom is -0.391 e. The van der Waals surface area contributed by atoms with Gasteiger partial charge in [-0.05, 0) is 44.4 Å². The normalized spacial score (nSPS) is 29.8. The summed E-state index contributed by atoms with van der Waals surface area (Å²) < 4.78 is 5.69. The van der Waals surface area contributed by atoms with Crippen LogP contribution in [0.5, 0.6) is 0 Å². The molecule has 1 rings (SSSR count). The van der Waals surface area contributed by atoms with Gasteiger partial charge in [-0.15, -0.1) is 0 Å². The Morgan fingerprint density at radius 2 is 2.07 bits per heavy atom. The summed E-state index contributed by atoms with van der Waals surface area (Å²) in [4.78, 5) is 0. The summed E-state index contributed by atoms with van der Waals surface area (Å²) in [6, 6.07) is 0. The molecule has 3 unspecified atom stereocenters. The second-order valence-corrected chi connectivity index (χ2v) is 5.91. The van der Waals surface area contributed by atoms with Crippen LogP contribution in [-0.2, 0) is 4.74 Å². The van der Waals surface area contributed by atoms with Crippen LogP contribution in [0.1, 0.15) is 53.4 Å². The van der Waals surface area contributed by atoms with Crippen molar-refractivity contribution >= 4 is 0 Å². The summed E-state index contributed by atoms with van der Waals surface area (Å²) in [7, 11) is 0. The zero-order valence-electron chi connectivity index (χ0n) is 10.6. The molecule has 0 heterocycles. The first-order valence-corrected chi connectivity index (χ1v) is 6.20. The smallest absolute Gasteiger partial charge is 0.0745 e. The van der Waals surface area contributed by atoms with E-state index >= 15 is 0 Å². The standard InChI is InChI=1S/C13H26O2/c1-10(14)9-15-11(2)12-6-5-7-13(3,4)8-12/h10-12,14H,5-9H2,1-4H3. The van der Waals surface area contributed by atoms with Crippen molar-refractivity contribution in [3.05, 3.63) is 0 Å². The zero-order chi connectivity index (χ0) is 11.5. The largest absolute Gasteiger partial charge is 0.391 e. The molecule has 0 aromatic carbocycles. The summed E-state index contributed by atoms with van der Waals surface area (Å²) in [6.45, 7) is 9.09. The van der Waals surface area contributed by atoms with Crippen LogP contribution in [-0.4, -0.2) is 23.9 Å². The lowest BCUT2D eigenvalue weighted by molar-refractivity contribution is -0.0392. The van der Waals surface area contributed by atoms with Crippen LogP contribution >= 0.6 is 0 Å². The summed E-state index contributed by atoms with van der Waals surface area (Å²) >= 11 is 0. The molecule has 0 amide bonds. The number of hydrogen-bond acceptors (Lipinski definition) is 2. The average molecular weight is 214 g/mol. The van der Waals surface area contributed by atoms with Crippen LogP contribution in [0.2, 0.25) is 0 Å². The van der Waals surface area contributed by atoms with Crippen molar-refractivity contribution in [3.8, 4) is 0 Å². The summed E-state index contributed by atoms with van der Waals surface area (Å²) in [6.07, 6.45) is 5.15. The Labute approximate surface area is 94.0 Å². The Balaban J connectivity index is 2.35. The van der Waals surface area contributed by atoms with E-state index in [1.54, 1.807) is 6.92 Å². The molecule has 2 heteroatoms. The van der Waals surface area contributed by atoms with Crippen LogP contribution in [0.15, 0.2) is 0 Å². The van der Waals surface area contributed by atoms with Crippen molar-refractivity contribution in [3.63, 3.8) is 0 Å². The van der Waals surface area contributed by atoms with Gasteiger partial charge in [0.15, 0.2) is 0 Å². The van der Waals surface area contributed by atoms with Crippen molar-refractivity contribution in [1.82, 2.24) is 0 Å². The third-order valence-corrected chi connectivity index (χ3v) is 3.51. The second kappa shape index (κ2) is 5.31. The topological polar surface area (TPSA) is 29.5 Å². The van der Waals surface area contributed by atoms with E-state index in [-0.39, 0.29) is 6.10 Å². The van der Waals surface area contributed by atoms with E-state index in [9.17, 15) is 5.11 Å². The third kappa shape index (κ3) is 4.52. The van der Waals surface area contributed by atoms with Gasteiger partial charge >= 0.3 is 0 Å². The lowest BCUT2D eigenvalue weighted by Gasteiger charge is -2.38. The van der Waals surface area contributed by atoms with Gasteiger partial charge in [0, 0.05) is 0 Å². The summed E-state index contributed by atoms with van der Waals surface area (Å²) in [5.41, 5.74) is 0.478. The fourth-order valence-electron chi connectivity index (χ4n) is 2.58. The van der Waals surface area contributed by atoms with E-state index < -0.39 is 0 Å². The van der Waals surface area contributed by atoms with Gasteiger partial charge < -0.3 is 9.84 Å². The van der Waals surface area contributed by atoms with Crippen LogP contribution in [0.25, 0.3) is 0 Å². The number of hydrogen-bond donors (Lipinski definition) is 1. The number of ether oxygens (including phenoxy) is 1. The first-order chi connectivity index (χ1) is 6.91. The van der Waals surface area contributed by atoms with Gasteiger partial charge in [-0.25, -0.2) is 0 Å². The third-order valence-electron chi connectivity index (χ3n) is 3.51. The van der Waals surface area contributed by atoms with E-state index in [1.165, 1.54) is 25.7 Å². The molecule has 1 fully saturated rings. The maximum Gasteiger partial charge on any atom is 0.0745 e. The van der Waals surface area contributed by atoms with Crippen molar-refractivity contribution < 1.29 is 9.84 Å². The molecule has 0 spiro atoms. The Morgan fingerprint density at radius 1 is 1.40 bits per heavy atom. The molecule has 1 aliphatic carbocycles. The van der Waals surface area contributed by atoms with Crippen LogP contribution < -0.4 is 0 Å². The molecular weight excluding hydrogens is 188 g/mol. The maximum atomic E-state index is 9.18. The van der Waals surface area contributed by atoms with Crippen LogP contribution in [0.4, 0.5) is 0 Å². The Kier molecular flexibility index (Phi) is 4.60. The zero-order valence-corrected chi connectivity index (χ0v) is 10.6. The minimum atomic E-state index is -0.343. The fourth-order valence-corrected chi connectivity index (χ4v) is 2.58. The fraction of sp³-hybridized carbons (Fsp3) is 1.00. The van der Waals surface area contributed by atoms with Gasteiger partial charge in [0.1, 0.15) is 0 Å². The van der Waals surface area contributed by atoms with Gasteiger partial charge in [0.2, 0.25) is 0 Å². The Bertz CT molecular complexity index is 187. The predicted octanol–water partition coefficient (Wildman–Crippen LogP) is 2.99. The minimum absolute atomic E-state index is 0.291. The van der Waals surface area contributed by atoms with Gasteiger partial charge in [0.05, 0.1) is 18.8 Å². The average Bonchev–Trinajstić information content (AvgIpc) is 2.12. The van der Waals surface area contributed by atoms with E-state index in [2.05, 4.69) is 20.8 Å². The summed E-state index contributed by atoms with van der Waals surface area (Å²) in [5.74, 6) is 0.674. The lowest BCUT2D eigenvalue weighted by Crippen LogP contribution is -2.32. The van der Waals surface area contributed by atoms with Gasteiger partial charge in [-0.2, -0.15) is 0 Å². The van der Waals surface area contributed by atoms with Crippen LogP contribution in [0.3, 0.4) is 0 Å². The van der Waals surface area contributed by atoms with E-state index in [0.717, 1.165) is 0 Å². The van der Waals surface area contributed by atoms with E-state index in [0.29, 0.717) is 24.0 Å². The number of aliphatic hydroxyl groups excluding tert-OH is 1. The number of aliphatic hydroxyl groups is 1. The second-order valence-electron chi connectivity index (χ2n) is 5.91. The van der Waals surface area contributed by atoms with Crippen molar-refractivity contribution in [2.24, 2.45) is 11.3 Å².